The van der Waals surface area contributed by atoms with Gasteiger partial charge in [0.1, 0.15) is 5.82 Å². The summed E-state index contributed by atoms with van der Waals surface area (Å²) in [6.07, 6.45) is 1.15. The Morgan fingerprint density at radius 2 is 1.95 bits per heavy atom. The first-order valence-electron chi connectivity index (χ1n) is 7.51. The predicted octanol–water partition coefficient (Wildman–Crippen LogP) is 4.41. The lowest BCUT2D eigenvalue weighted by Gasteiger charge is -2.22. The standard InChI is InChI=1S/C17H23FN2S/c1-3-10-19-12-16-8-9-17(21-16)13-20(4-2)15-7-5-6-14(18)11-15/h5-9,11,19H,3-4,10,12-13H2,1-2H3. The van der Waals surface area contributed by atoms with Gasteiger partial charge in [-0.05, 0) is 50.2 Å². The van der Waals surface area contributed by atoms with Crippen molar-refractivity contribution in [3.8, 4) is 0 Å². The van der Waals surface area contributed by atoms with Crippen molar-refractivity contribution in [1.29, 1.82) is 0 Å². The highest BCUT2D eigenvalue weighted by molar-refractivity contribution is 7.12. The van der Waals surface area contributed by atoms with Crippen molar-refractivity contribution < 1.29 is 4.39 Å². The van der Waals surface area contributed by atoms with E-state index in [1.54, 1.807) is 12.1 Å². The van der Waals surface area contributed by atoms with E-state index in [-0.39, 0.29) is 5.82 Å². The third-order valence-electron chi connectivity index (χ3n) is 3.35. The molecule has 2 nitrogen and oxygen atoms in total. The zero-order valence-corrected chi connectivity index (χ0v) is 13.5. The van der Waals surface area contributed by atoms with Crippen LogP contribution in [0.5, 0.6) is 0 Å². The molecule has 0 saturated heterocycles. The summed E-state index contributed by atoms with van der Waals surface area (Å²) in [5.41, 5.74) is 0.941. The largest absolute Gasteiger partial charge is 0.367 e. The second-order valence-electron chi connectivity index (χ2n) is 5.04. The smallest absolute Gasteiger partial charge is 0.125 e. The average Bonchev–Trinajstić information content (AvgIpc) is 2.92. The maximum atomic E-state index is 13.3. The van der Waals surface area contributed by atoms with E-state index in [1.165, 1.54) is 15.8 Å². The first-order chi connectivity index (χ1) is 10.2. The van der Waals surface area contributed by atoms with E-state index in [1.807, 2.05) is 17.4 Å². The monoisotopic (exact) mass is 306 g/mol. The zero-order chi connectivity index (χ0) is 15.1. The van der Waals surface area contributed by atoms with Crippen LogP contribution in [0.4, 0.5) is 10.1 Å². The number of anilines is 1. The van der Waals surface area contributed by atoms with Gasteiger partial charge >= 0.3 is 0 Å². The molecule has 0 spiro atoms. The average molecular weight is 306 g/mol. The Bertz CT molecular complexity index is 553. The Hall–Kier alpha value is -1.39. The van der Waals surface area contributed by atoms with Crippen molar-refractivity contribution in [2.75, 3.05) is 18.0 Å². The number of nitrogens with one attached hydrogen (secondary N) is 1. The van der Waals surface area contributed by atoms with E-state index in [2.05, 4.69) is 36.2 Å². The molecule has 1 aromatic carbocycles. The van der Waals surface area contributed by atoms with E-state index in [4.69, 9.17) is 0 Å². The number of nitrogens with zero attached hydrogens (tertiary/aromatic N) is 1. The number of thiophene rings is 1. The fourth-order valence-electron chi connectivity index (χ4n) is 2.24. The molecular weight excluding hydrogens is 283 g/mol. The molecule has 0 radical (unpaired) electrons. The Balaban J connectivity index is 1.98. The molecule has 21 heavy (non-hydrogen) atoms. The van der Waals surface area contributed by atoms with E-state index in [0.29, 0.717) is 0 Å². The van der Waals surface area contributed by atoms with Gasteiger partial charge in [0.2, 0.25) is 0 Å². The first-order valence-corrected chi connectivity index (χ1v) is 8.33. The van der Waals surface area contributed by atoms with E-state index in [0.717, 1.165) is 38.3 Å². The van der Waals surface area contributed by atoms with Crippen molar-refractivity contribution in [3.05, 3.63) is 52.0 Å². The molecule has 1 aromatic heterocycles. The molecule has 114 valence electrons. The van der Waals surface area contributed by atoms with Crippen LogP contribution in [0.25, 0.3) is 0 Å². The molecule has 0 aliphatic carbocycles. The summed E-state index contributed by atoms with van der Waals surface area (Å²) in [4.78, 5) is 4.86. The molecule has 1 N–H and O–H groups in total. The number of benzene rings is 1. The predicted molar refractivity (Wildman–Crippen MR) is 89.4 cm³/mol. The van der Waals surface area contributed by atoms with Crippen molar-refractivity contribution >= 4 is 17.0 Å². The summed E-state index contributed by atoms with van der Waals surface area (Å²) in [5, 5.41) is 3.42. The summed E-state index contributed by atoms with van der Waals surface area (Å²) >= 11 is 1.83. The molecule has 1 heterocycles. The van der Waals surface area contributed by atoms with Gasteiger partial charge in [-0.15, -0.1) is 11.3 Å². The molecule has 0 unspecified atom stereocenters. The van der Waals surface area contributed by atoms with Crippen LogP contribution in [0.15, 0.2) is 36.4 Å². The van der Waals surface area contributed by atoms with E-state index >= 15 is 0 Å². The third kappa shape index (κ3) is 4.83. The van der Waals surface area contributed by atoms with Gasteiger partial charge in [-0.3, -0.25) is 0 Å². The van der Waals surface area contributed by atoms with Gasteiger partial charge in [0.05, 0.1) is 6.54 Å². The molecule has 0 saturated carbocycles. The van der Waals surface area contributed by atoms with Crippen molar-refractivity contribution in [2.45, 2.75) is 33.4 Å². The van der Waals surface area contributed by atoms with Crippen LogP contribution in [-0.2, 0) is 13.1 Å². The number of halogens is 1. The van der Waals surface area contributed by atoms with Gasteiger partial charge < -0.3 is 10.2 Å². The molecule has 0 bridgehead atoms. The quantitative estimate of drug-likeness (QED) is 0.727. The highest BCUT2D eigenvalue weighted by Crippen LogP contribution is 2.22. The summed E-state index contributed by atoms with van der Waals surface area (Å²) in [6, 6.07) is 11.2. The summed E-state index contributed by atoms with van der Waals surface area (Å²) in [7, 11) is 0. The normalized spacial score (nSPS) is 10.8. The second-order valence-corrected chi connectivity index (χ2v) is 6.29. The van der Waals surface area contributed by atoms with Gasteiger partial charge in [0.25, 0.3) is 0 Å². The number of hydrogen-bond donors (Lipinski definition) is 1. The summed E-state index contributed by atoms with van der Waals surface area (Å²) in [5.74, 6) is -0.179. The summed E-state index contributed by atoms with van der Waals surface area (Å²) in [6.45, 7) is 7.96. The molecular formula is C17H23FN2S. The van der Waals surface area contributed by atoms with Crippen LogP contribution in [0.3, 0.4) is 0 Å². The minimum Gasteiger partial charge on any atom is -0.367 e. The lowest BCUT2D eigenvalue weighted by molar-refractivity contribution is 0.626. The van der Waals surface area contributed by atoms with E-state index in [9.17, 15) is 4.39 Å². The third-order valence-corrected chi connectivity index (χ3v) is 4.42. The number of rotatable bonds is 8. The molecule has 4 heteroatoms. The van der Waals surface area contributed by atoms with Gasteiger partial charge in [-0.25, -0.2) is 4.39 Å². The van der Waals surface area contributed by atoms with Crippen LogP contribution in [0, 0.1) is 5.82 Å². The van der Waals surface area contributed by atoms with Gasteiger partial charge in [-0.1, -0.05) is 13.0 Å². The Kier molecular flexibility index (Phi) is 6.21. The van der Waals surface area contributed by atoms with Crippen molar-refractivity contribution in [3.63, 3.8) is 0 Å². The minimum absolute atomic E-state index is 0.179. The Morgan fingerprint density at radius 1 is 1.14 bits per heavy atom. The Labute approximate surface area is 130 Å². The van der Waals surface area contributed by atoms with E-state index < -0.39 is 0 Å². The lowest BCUT2D eigenvalue weighted by Crippen LogP contribution is -2.21. The lowest BCUT2D eigenvalue weighted by atomic mass is 10.2. The molecule has 0 atom stereocenters. The molecule has 0 amide bonds. The Morgan fingerprint density at radius 3 is 2.67 bits per heavy atom. The first kappa shape index (κ1) is 16.0. The topological polar surface area (TPSA) is 15.3 Å². The maximum absolute atomic E-state index is 13.3. The molecule has 0 fully saturated rings. The van der Waals surface area contributed by atoms with Crippen LogP contribution >= 0.6 is 11.3 Å². The molecule has 2 rings (SSSR count). The second kappa shape index (κ2) is 8.15. The van der Waals surface area contributed by atoms with Gasteiger partial charge in [-0.2, -0.15) is 0 Å². The van der Waals surface area contributed by atoms with Crippen molar-refractivity contribution in [2.24, 2.45) is 0 Å². The molecule has 0 aliphatic rings. The highest BCUT2D eigenvalue weighted by Gasteiger charge is 2.08. The molecule has 0 aliphatic heterocycles. The number of hydrogen-bond acceptors (Lipinski definition) is 3. The van der Waals surface area contributed by atoms with Gasteiger partial charge in [0, 0.05) is 28.5 Å². The van der Waals surface area contributed by atoms with Crippen LogP contribution in [0.2, 0.25) is 0 Å². The van der Waals surface area contributed by atoms with Crippen molar-refractivity contribution in [1.82, 2.24) is 5.32 Å². The minimum atomic E-state index is -0.179. The molecule has 2 aromatic rings. The van der Waals surface area contributed by atoms with Crippen LogP contribution in [-0.4, -0.2) is 13.1 Å². The zero-order valence-electron chi connectivity index (χ0n) is 12.7. The fourth-order valence-corrected chi connectivity index (χ4v) is 3.24. The maximum Gasteiger partial charge on any atom is 0.125 e. The van der Waals surface area contributed by atoms with Crippen LogP contribution in [0.1, 0.15) is 30.0 Å². The highest BCUT2D eigenvalue weighted by atomic mass is 32.1. The van der Waals surface area contributed by atoms with Crippen LogP contribution < -0.4 is 10.2 Å². The fraction of sp³-hybridized carbons (Fsp3) is 0.412. The SMILES string of the molecule is CCCNCc1ccc(CN(CC)c2cccc(F)c2)s1. The van der Waals surface area contributed by atoms with Gasteiger partial charge in [0.15, 0.2) is 0 Å². The summed E-state index contributed by atoms with van der Waals surface area (Å²) < 4.78 is 13.3.